The van der Waals surface area contributed by atoms with Gasteiger partial charge in [0.2, 0.25) is 0 Å². The molecule has 0 spiro atoms. The van der Waals surface area contributed by atoms with E-state index in [1.54, 1.807) is 12.1 Å². The average molecular weight is 200 g/mol. The van der Waals surface area contributed by atoms with Crippen LogP contribution in [0.25, 0.3) is 0 Å². The van der Waals surface area contributed by atoms with Crippen LogP contribution >= 0.6 is 0 Å². The molecule has 1 nitrogen and oxygen atoms in total. The molecule has 0 amide bonds. The summed E-state index contributed by atoms with van der Waals surface area (Å²) >= 11 is 0. The molecule has 0 aliphatic rings. The lowest BCUT2D eigenvalue weighted by Gasteiger charge is -2.02. The summed E-state index contributed by atoms with van der Waals surface area (Å²) in [6, 6.07) is 16.2. The van der Waals surface area contributed by atoms with Gasteiger partial charge >= 0.3 is 0 Å². The van der Waals surface area contributed by atoms with Crippen molar-refractivity contribution < 1.29 is 4.39 Å². The Morgan fingerprint density at radius 3 is 2.20 bits per heavy atom. The Bertz CT molecular complexity index is 408. The maximum absolute atomic E-state index is 12.6. The number of nitrogens with zero attached hydrogens (tertiary/aromatic N) is 1. The monoisotopic (exact) mass is 200 g/mol. The van der Waals surface area contributed by atoms with Crippen LogP contribution in [-0.4, -0.2) is 0 Å². The van der Waals surface area contributed by atoms with Crippen molar-refractivity contribution in [3.8, 4) is 0 Å². The number of hydrogen-bond acceptors (Lipinski definition) is 0. The second-order valence-electron chi connectivity index (χ2n) is 3.28. The van der Waals surface area contributed by atoms with Crippen LogP contribution in [0.15, 0.2) is 54.6 Å². The zero-order chi connectivity index (χ0) is 10.5. The first kappa shape index (κ1) is 9.71. The summed E-state index contributed by atoms with van der Waals surface area (Å²) in [5.41, 5.74) is 1.96. The highest BCUT2D eigenvalue weighted by molar-refractivity contribution is 5.35. The highest BCUT2D eigenvalue weighted by Gasteiger charge is 1.95. The number of rotatable bonds is 3. The van der Waals surface area contributed by atoms with Gasteiger partial charge in [-0.05, 0) is 29.8 Å². The van der Waals surface area contributed by atoms with Crippen LogP contribution in [0.5, 0.6) is 0 Å². The zero-order valence-corrected chi connectivity index (χ0v) is 8.23. The quantitative estimate of drug-likeness (QED) is 0.722. The van der Waals surface area contributed by atoms with E-state index in [0.29, 0.717) is 6.54 Å². The van der Waals surface area contributed by atoms with Gasteiger partial charge in [-0.15, -0.1) is 0 Å². The summed E-state index contributed by atoms with van der Waals surface area (Å²) in [5.74, 6) is -0.210. The molecule has 2 heteroatoms. The molecule has 0 aliphatic heterocycles. The van der Waals surface area contributed by atoms with Gasteiger partial charge in [0.05, 0.1) is 12.2 Å². The Morgan fingerprint density at radius 2 is 1.53 bits per heavy atom. The summed E-state index contributed by atoms with van der Waals surface area (Å²) in [7, 11) is 0. The minimum atomic E-state index is -0.210. The van der Waals surface area contributed by atoms with Gasteiger partial charge in [0.25, 0.3) is 0 Å². The molecule has 0 atom stereocenters. The van der Waals surface area contributed by atoms with E-state index in [1.165, 1.54) is 12.1 Å². The number of para-hydroxylation sites is 1. The summed E-state index contributed by atoms with van der Waals surface area (Å²) in [5, 5.41) is 4.38. The molecule has 0 saturated heterocycles. The third-order valence-electron chi connectivity index (χ3n) is 2.11. The SMILES string of the molecule is Fc1ccc(C[N]c2ccccc2)cc1. The third-order valence-corrected chi connectivity index (χ3v) is 2.11. The Balaban J connectivity index is 1.96. The van der Waals surface area contributed by atoms with Crippen molar-refractivity contribution in [2.75, 3.05) is 0 Å². The standard InChI is InChI=1S/C13H11FN/c14-12-8-6-11(7-9-12)10-15-13-4-2-1-3-5-13/h1-9H,10H2. The summed E-state index contributed by atoms with van der Waals surface area (Å²) in [6.45, 7) is 0.588. The molecule has 0 aliphatic carbocycles. The van der Waals surface area contributed by atoms with Crippen LogP contribution in [0, 0.1) is 5.82 Å². The predicted octanol–water partition coefficient (Wildman–Crippen LogP) is 3.26. The first-order chi connectivity index (χ1) is 7.34. The molecule has 2 aromatic rings. The first-order valence-electron chi connectivity index (χ1n) is 4.81. The summed E-state index contributed by atoms with van der Waals surface area (Å²) < 4.78 is 12.6. The van der Waals surface area contributed by atoms with E-state index >= 15 is 0 Å². The van der Waals surface area contributed by atoms with Crippen LogP contribution in [0.3, 0.4) is 0 Å². The third kappa shape index (κ3) is 2.81. The van der Waals surface area contributed by atoms with E-state index in [-0.39, 0.29) is 5.82 Å². The number of halogens is 1. The van der Waals surface area contributed by atoms with Crippen molar-refractivity contribution in [3.05, 3.63) is 66.0 Å². The number of benzene rings is 2. The van der Waals surface area contributed by atoms with Gasteiger partial charge in [-0.3, -0.25) is 5.32 Å². The van der Waals surface area contributed by atoms with Crippen LogP contribution in [-0.2, 0) is 6.54 Å². The molecule has 0 N–H and O–H groups in total. The zero-order valence-electron chi connectivity index (χ0n) is 8.23. The lowest BCUT2D eigenvalue weighted by molar-refractivity contribution is 0.626. The lowest BCUT2D eigenvalue weighted by Crippen LogP contribution is -1.97. The largest absolute Gasteiger partial charge is 0.281 e. The van der Waals surface area contributed by atoms with Crippen LogP contribution in [0.4, 0.5) is 10.1 Å². The second-order valence-corrected chi connectivity index (χ2v) is 3.28. The molecule has 0 unspecified atom stereocenters. The Hall–Kier alpha value is -1.83. The van der Waals surface area contributed by atoms with Crippen LogP contribution < -0.4 is 5.32 Å². The van der Waals surface area contributed by atoms with Crippen LogP contribution in [0.1, 0.15) is 5.56 Å². The maximum atomic E-state index is 12.6. The van der Waals surface area contributed by atoms with E-state index in [1.807, 2.05) is 30.3 Å². The molecule has 2 aromatic carbocycles. The minimum absolute atomic E-state index is 0.210. The average Bonchev–Trinajstić information content (AvgIpc) is 2.30. The van der Waals surface area contributed by atoms with E-state index in [2.05, 4.69) is 5.32 Å². The Morgan fingerprint density at radius 1 is 0.867 bits per heavy atom. The van der Waals surface area contributed by atoms with E-state index in [0.717, 1.165) is 11.3 Å². The van der Waals surface area contributed by atoms with Gasteiger partial charge in [0.15, 0.2) is 0 Å². The summed E-state index contributed by atoms with van der Waals surface area (Å²) in [6.07, 6.45) is 0. The van der Waals surface area contributed by atoms with E-state index in [9.17, 15) is 4.39 Å². The van der Waals surface area contributed by atoms with Crippen molar-refractivity contribution in [2.45, 2.75) is 6.54 Å². The highest BCUT2D eigenvalue weighted by atomic mass is 19.1. The van der Waals surface area contributed by atoms with Crippen molar-refractivity contribution in [3.63, 3.8) is 0 Å². The fourth-order valence-corrected chi connectivity index (χ4v) is 1.31. The normalized spacial score (nSPS) is 9.93. The van der Waals surface area contributed by atoms with Crippen molar-refractivity contribution in [1.29, 1.82) is 0 Å². The van der Waals surface area contributed by atoms with E-state index < -0.39 is 0 Å². The maximum Gasteiger partial charge on any atom is 0.123 e. The molecule has 1 radical (unpaired) electrons. The molecule has 0 aromatic heterocycles. The van der Waals surface area contributed by atoms with Crippen molar-refractivity contribution in [1.82, 2.24) is 5.32 Å². The van der Waals surface area contributed by atoms with Crippen molar-refractivity contribution in [2.24, 2.45) is 0 Å². The predicted molar refractivity (Wildman–Crippen MR) is 58.3 cm³/mol. The van der Waals surface area contributed by atoms with Gasteiger partial charge < -0.3 is 0 Å². The molecule has 0 bridgehead atoms. The van der Waals surface area contributed by atoms with Gasteiger partial charge in [-0.1, -0.05) is 30.3 Å². The first-order valence-corrected chi connectivity index (χ1v) is 4.81. The Labute approximate surface area is 88.6 Å². The molecule has 0 saturated carbocycles. The van der Waals surface area contributed by atoms with Gasteiger partial charge in [0.1, 0.15) is 5.82 Å². The minimum Gasteiger partial charge on any atom is -0.281 e. The molecule has 15 heavy (non-hydrogen) atoms. The van der Waals surface area contributed by atoms with Crippen molar-refractivity contribution >= 4 is 5.69 Å². The summed E-state index contributed by atoms with van der Waals surface area (Å²) in [4.78, 5) is 0. The molecule has 75 valence electrons. The fraction of sp³-hybridized carbons (Fsp3) is 0.0769. The molecule has 2 rings (SSSR count). The molecule has 0 heterocycles. The van der Waals surface area contributed by atoms with Gasteiger partial charge in [-0.25, -0.2) is 4.39 Å². The van der Waals surface area contributed by atoms with Gasteiger partial charge in [0, 0.05) is 0 Å². The smallest absolute Gasteiger partial charge is 0.123 e. The topological polar surface area (TPSA) is 14.1 Å². The second kappa shape index (κ2) is 4.60. The number of hydrogen-bond donors (Lipinski definition) is 0. The van der Waals surface area contributed by atoms with E-state index in [4.69, 9.17) is 0 Å². The molecular weight excluding hydrogens is 189 g/mol. The molecular formula is C13H11FN. The molecule has 0 fully saturated rings. The van der Waals surface area contributed by atoms with Crippen LogP contribution in [0.2, 0.25) is 0 Å². The Kier molecular flexibility index (Phi) is 2.98. The fourth-order valence-electron chi connectivity index (χ4n) is 1.31. The highest BCUT2D eigenvalue weighted by Crippen LogP contribution is 2.09. The van der Waals surface area contributed by atoms with Gasteiger partial charge in [-0.2, -0.15) is 0 Å². The lowest BCUT2D eigenvalue weighted by atomic mass is 10.2.